The van der Waals surface area contributed by atoms with Crippen molar-refractivity contribution in [3.63, 3.8) is 0 Å². The highest BCUT2D eigenvalue weighted by Gasteiger charge is 2.29. The van der Waals surface area contributed by atoms with Gasteiger partial charge in [0.2, 0.25) is 6.43 Å². The van der Waals surface area contributed by atoms with E-state index in [1.54, 1.807) is 6.92 Å². The molecule has 0 N–H and O–H groups in total. The van der Waals surface area contributed by atoms with Crippen molar-refractivity contribution in [3.8, 4) is 0 Å². The summed E-state index contributed by atoms with van der Waals surface area (Å²) in [6, 6.07) is 0. The molecule has 2 nitrogen and oxygen atoms in total. The molecular formula is C8H12F2O2. The molecule has 0 aromatic carbocycles. The Morgan fingerprint density at radius 2 is 2.33 bits per heavy atom. The molecule has 0 spiro atoms. The maximum atomic E-state index is 11.9. The molecular weight excluding hydrogens is 166 g/mol. The van der Waals surface area contributed by atoms with Gasteiger partial charge >= 0.3 is 5.97 Å². The van der Waals surface area contributed by atoms with Gasteiger partial charge in [0.1, 0.15) is 6.10 Å². The fraction of sp³-hybridized carbons (Fsp3) is 0.875. The average molecular weight is 178 g/mol. The van der Waals surface area contributed by atoms with Crippen molar-refractivity contribution < 1.29 is 18.3 Å². The first-order valence-electron chi connectivity index (χ1n) is 4.07. The zero-order chi connectivity index (χ0) is 9.14. The Morgan fingerprint density at radius 3 is 2.75 bits per heavy atom. The lowest BCUT2D eigenvalue weighted by molar-refractivity contribution is -0.143. The number of hydrogen-bond acceptors (Lipinski definition) is 2. The van der Waals surface area contributed by atoms with Gasteiger partial charge in [0, 0.05) is 12.8 Å². The van der Waals surface area contributed by atoms with E-state index >= 15 is 0 Å². The summed E-state index contributed by atoms with van der Waals surface area (Å²) >= 11 is 0. The Balaban J connectivity index is 2.32. The molecule has 2 atom stereocenters. The lowest BCUT2D eigenvalue weighted by Gasteiger charge is -2.16. The quantitative estimate of drug-likeness (QED) is 0.618. The Morgan fingerprint density at radius 1 is 1.67 bits per heavy atom. The number of cyclic esters (lactones) is 1. The van der Waals surface area contributed by atoms with Gasteiger partial charge in [0.15, 0.2) is 0 Å². The summed E-state index contributed by atoms with van der Waals surface area (Å²) in [5.41, 5.74) is 0. The molecule has 1 fully saturated rings. The van der Waals surface area contributed by atoms with Crippen LogP contribution in [0.25, 0.3) is 0 Å². The van der Waals surface area contributed by atoms with Crippen molar-refractivity contribution >= 4 is 5.97 Å². The lowest BCUT2D eigenvalue weighted by Crippen LogP contribution is -2.19. The molecule has 1 rings (SSSR count). The molecule has 0 saturated carbocycles. The van der Waals surface area contributed by atoms with Crippen molar-refractivity contribution in [2.75, 3.05) is 0 Å². The maximum Gasteiger partial charge on any atom is 0.306 e. The Bertz CT molecular complexity index is 170. The summed E-state index contributed by atoms with van der Waals surface area (Å²) in [5, 5.41) is 0. The minimum absolute atomic E-state index is 0.183. The Hall–Kier alpha value is -0.670. The molecule has 0 aromatic heterocycles. The van der Waals surface area contributed by atoms with E-state index in [2.05, 4.69) is 0 Å². The molecule has 0 bridgehead atoms. The van der Waals surface area contributed by atoms with Crippen LogP contribution in [0.3, 0.4) is 0 Å². The van der Waals surface area contributed by atoms with Crippen molar-refractivity contribution in [1.82, 2.24) is 0 Å². The second kappa shape index (κ2) is 3.83. The first-order valence-corrected chi connectivity index (χ1v) is 4.07. The normalized spacial score (nSPS) is 26.0. The first-order chi connectivity index (χ1) is 5.59. The predicted molar refractivity (Wildman–Crippen MR) is 38.9 cm³/mol. The van der Waals surface area contributed by atoms with Crippen LogP contribution in [0.4, 0.5) is 8.78 Å². The van der Waals surface area contributed by atoms with E-state index < -0.39 is 6.43 Å². The topological polar surface area (TPSA) is 26.3 Å². The zero-order valence-electron chi connectivity index (χ0n) is 6.93. The molecule has 1 aliphatic rings. The minimum atomic E-state index is -2.31. The monoisotopic (exact) mass is 178 g/mol. The van der Waals surface area contributed by atoms with E-state index in [-0.39, 0.29) is 24.4 Å². The van der Waals surface area contributed by atoms with Gasteiger partial charge in [-0.2, -0.15) is 0 Å². The van der Waals surface area contributed by atoms with Crippen LogP contribution in [-0.4, -0.2) is 18.5 Å². The molecule has 1 heterocycles. The highest BCUT2D eigenvalue weighted by Crippen LogP contribution is 2.25. The number of esters is 1. The van der Waals surface area contributed by atoms with E-state index in [0.717, 1.165) is 0 Å². The third-order valence-corrected chi connectivity index (χ3v) is 2.10. The molecule has 0 aliphatic carbocycles. The van der Waals surface area contributed by atoms with E-state index in [1.165, 1.54) is 0 Å². The molecule has 1 aliphatic heterocycles. The van der Waals surface area contributed by atoms with Crippen molar-refractivity contribution in [3.05, 3.63) is 0 Å². The SMILES string of the molecule is CC(CC(F)F)C1CCC(=O)O1. The number of rotatable bonds is 3. The van der Waals surface area contributed by atoms with Gasteiger partial charge in [-0.3, -0.25) is 4.79 Å². The largest absolute Gasteiger partial charge is 0.462 e. The van der Waals surface area contributed by atoms with Gasteiger partial charge in [-0.05, 0) is 12.3 Å². The molecule has 0 amide bonds. The van der Waals surface area contributed by atoms with Gasteiger partial charge in [-0.15, -0.1) is 0 Å². The van der Waals surface area contributed by atoms with Crippen molar-refractivity contribution in [2.24, 2.45) is 5.92 Å². The number of carbonyl (C=O) groups excluding carboxylic acids is 1. The van der Waals surface area contributed by atoms with E-state index in [9.17, 15) is 13.6 Å². The van der Waals surface area contributed by atoms with Crippen LogP contribution in [0, 0.1) is 5.92 Å². The van der Waals surface area contributed by atoms with Gasteiger partial charge in [-0.25, -0.2) is 8.78 Å². The van der Waals surface area contributed by atoms with Crippen LogP contribution < -0.4 is 0 Å². The van der Waals surface area contributed by atoms with Crippen LogP contribution in [0.1, 0.15) is 26.2 Å². The highest BCUT2D eigenvalue weighted by molar-refractivity contribution is 5.71. The van der Waals surface area contributed by atoms with Crippen LogP contribution >= 0.6 is 0 Å². The smallest absolute Gasteiger partial charge is 0.306 e. The number of halogens is 2. The van der Waals surface area contributed by atoms with Crippen molar-refractivity contribution in [2.45, 2.75) is 38.7 Å². The highest BCUT2D eigenvalue weighted by atomic mass is 19.3. The lowest BCUT2D eigenvalue weighted by atomic mass is 9.99. The summed E-state index contributed by atoms with van der Waals surface area (Å²) in [4.78, 5) is 10.6. The summed E-state index contributed by atoms with van der Waals surface area (Å²) in [5.74, 6) is -0.488. The fourth-order valence-electron chi connectivity index (χ4n) is 1.38. The molecule has 2 unspecified atom stereocenters. The van der Waals surface area contributed by atoms with Crippen LogP contribution in [0.15, 0.2) is 0 Å². The second-order valence-corrected chi connectivity index (χ2v) is 3.17. The van der Waals surface area contributed by atoms with Gasteiger partial charge in [-0.1, -0.05) is 6.92 Å². The number of carbonyl (C=O) groups is 1. The molecule has 1 saturated heterocycles. The van der Waals surface area contributed by atoms with Crippen LogP contribution in [0.5, 0.6) is 0 Å². The molecule has 12 heavy (non-hydrogen) atoms. The Labute approximate surface area is 69.9 Å². The summed E-state index contributed by atoms with van der Waals surface area (Å²) < 4.78 is 28.6. The van der Waals surface area contributed by atoms with Gasteiger partial charge in [0.05, 0.1) is 0 Å². The third-order valence-electron chi connectivity index (χ3n) is 2.10. The summed E-state index contributed by atoms with van der Waals surface area (Å²) in [6.45, 7) is 1.69. The van der Waals surface area contributed by atoms with Gasteiger partial charge < -0.3 is 4.74 Å². The number of hydrogen-bond donors (Lipinski definition) is 0. The minimum Gasteiger partial charge on any atom is -0.462 e. The first kappa shape index (κ1) is 9.42. The van der Waals surface area contributed by atoms with Gasteiger partial charge in [0.25, 0.3) is 0 Å². The summed E-state index contributed by atoms with van der Waals surface area (Å²) in [6.07, 6.45) is -1.81. The third kappa shape index (κ3) is 2.43. The van der Waals surface area contributed by atoms with Crippen LogP contribution in [-0.2, 0) is 9.53 Å². The summed E-state index contributed by atoms with van der Waals surface area (Å²) in [7, 11) is 0. The van der Waals surface area contributed by atoms with E-state index in [4.69, 9.17) is 4.74 Å². The zero-order valence-corrected chi connectivity index (χ0v) is 6.93. The molecule has 0 radical (unpaired) electrons. The van der Waals surface area contributed by atoms with E-state index in [0.29, 0.717) is 12.8 Å². The molecule has 4 heteroatoms. The van der Waals surface area contributed by atoms with E-state index in [1.807, 2.05) is 0 Å². The average Bonchev–Trinajstić information content (AvgIpc) is 2.34. The maximum absolute atomic E-state index is 11.9. The van der Waals surface area contributed by atoms with Crippen LogP contribution in [0.2, 0.25) is 0 Å². The van der Waals surface area contributed by atoms with Crippen molar-refractivity contribution in [1.29, 1.82) is 0 Å². The fourth-order valence-corrected chi connectivity index (χ4v) is 1.38. The molecule has 0 aromatic rings. The second-order valence-electron chi connectivity index (χ2n) is 3.17. The Kier molecular flexibility index (Phi) is 3.00. The predicted octanol–water partition coefficient (Wildman–Crippen LogP) is 1.98. The number of ether oxygens (including phenoxy) is 1. The number of alkyl halides is 2. The molecule has 70 valence electrons. The standard InChI is InChI=1S/C8H12F2O2/c1-5(4-7(9)10)6-2-3-8(11)12-6/h5-7H,2-4H2,1H3.